The number of nitrogens with one attached hydrogen (secondary N) is 3. The zero-order valence-corrected chi connectivity index (χ0v) is 20.4. The SMILES string of the molecule is CCNc1ccc2c(=O)n(-c3ccc(NC(=O)NS(=O)(=O)c4ccc(C)s4)cc3)c(C)nc2c1. The number of anilines is 2. The Labute approximate surface area is 200 Å². The van der Waals surface area contributed by atoms with E-state index in [4.69, 9.17) is 0 Å². The summed E-state index contributed by atoms with van der Waals surface area (Å²) in [5, 5.41) is 6.19. The molecule has 0 unspecified atom stereocenters. The van der Waals surface area contributed by atoms with Gasteiger partial charge in [0.15, 0.2) is 0 Å². The molecule has 0 saturated heterocycles. The van der Waals surface area contributed by atoms with E-state index < -0.39 is 16.1 Å². The lowest BCUT2D eigenvalue weighted by Gasteiger charge is -2.13. The predicted octanol–water partition coefficient (Wildman–Crippen LogP) is 4.01. The molecule has 0 spiro atoms. The molecule has 2 aromatic carbocycles. The molecule has 0 aliphatic heterocycles. The van der Waals surface area contributed by atoms with Crippen LogP contribution < -0.4 is 20.9 Å². The number of fused-ring (bicyclic) bond motifs is 1. The first-order valence-electron chi connectivity index (χ1n) is 10.5. The normalized spacial score (nSPS) is 11.4. The van der Waals surface area contributed by atoms with Crippen molar-refractivity contribution in [1.82, 2.24) is 14.3 Å². The minimum atomic E-state index is -3.95. The molecule has 0 fully saturated rings. The standard InChI is InChI=1S/C23H23N5O4S2/c1-4-24-17-8-11-19-20(13-17)25-15(3)28(22(19)29)18-9-6-16(7-10-18)26-23(30)27-34(31,32)21-12-5-14(2)33-21/h5-13,24H,4H2,1-3H3,(H2,26,27,30). The Hall–Kier alpha value is -3.70. The van der Waals surface area contributed by atoms with Gasteiger partial charge >= 0.3 is 6.03 Å². The van der Waals surface area contributed by atoms with Crippen molar-refractivity contribution >= 4 is 49.7 Å². The summed E-state index contributed by atoms with van der Waals surface area (Å²) in [4.78, 5) is 30.8. The molecule has 34 heavy (non-hydrogen) atoms. The van der Waals surface area contributed by atoms with Crippen LogP contribution in [0.5, 0.6) is 0 Å². The van der Waals surface area contributed by atoms with Crippen LogP contribution in [0.4, 0.5) is 16.2 Å². The number of hydrogen-bond acceptors (Lipinski definition) is 7. The van der Waals surface area contributed by atoms with Gasteiger partial charge in [-0.05, 0) is 75.4 Å². The van der Waals surface area contributed by atoms with Crippen molar-refractivity contribution in [1.29, 1.82) is 0 Å². The predicted molar refractivity (Wildman–Crippen MR) is 135 cm³/mol. The van der Waals surface area contributed by atoms with Gasteiger partial charge in [0.2, 0.25) is 0 Å². The molecule has 176 valence electrons. The zero-order chi connectivity index (χ0) is 24.5. The molecule has 11 heteroatoms. The number of sulfonamides is 1. The minimum absolute atomic E-state index is 0.0618. The van der Waals surface area contributed by atoms with Crippen LogP contribution in [0.25, 0.3) is 16.6 Å². The van der Waals surface area contributed by atoms with Crippen LogP contribution in [0.3, 0.4) is 0 Å². The second-order valence-corrected chi connectivity index (χ2v) is 10.7. The number of urea groups is 1. The summed E-state index contributed by atoms with van der Waals surface area (Å²) in [6.07, 6.45) is 0. The Balaban J connectivity index is 1.55. The molecule has 2 heterocycles. The second kappa shape index (κ2) is 9.27. The van der Waals surface area contributed by atoms with Crippen molar-refractivity contribution in [2.45, 2.75) is 25.0 Å². The summed E-state index contributed by atoms with van der Waals surface area (Å²) in [5.74, 6) is 0.516. The van der Waals surface area contributed by atoms with Gasteiger partial charge in [-0.1, -0.05) is 0 Å². The highest BCUT2D eigenvalue weighted by Gasteiger charge is 2.19. The summed E-state index contributed by atoms with van der Waals surface area (Å²) in [7, 11) is -3.95. The number of nitrogens with zero attached hydrogens (tertiary/aromatic N) is 2. The van der Waals surface area contributed by atoms with Gasteiger partial charge in [-0.25, -0.2) is 22.9 Å². The maximum absolute atomic E-state index is 13.1. The van der Waals surface area contributed by atoms with E-state index in [0.717, 1.165) is 28.4 Å². The lowest BCUT2D eigenvalue weighted by molar-refractivity contribution is 0.256. The Kier molecular flexibility index (Phi) is 6.40. The average Bonchev–Trinajstić information content (AvgIpc) is 3.22. The highest BCUT2D eigenvalue weighted by molar-refractivity contribution is 7.92. The van der Waals surface area contributed by atoms with Gasteiger partial charge in [-0.15, -0.1) is 11.3 Å². The highest BCUT2D eigenvalue weighted by Crippen LogP contribution is 2.21. The molecule has 0 radical (unpaired) electrons. The summed E-state index contributed by atoms with van der Waals surface area (Å²) < 4.78 is 28.2. The Morgan fingerprint density at radius 2 is 1.74 bits per heavy atom. The van der Waals surface area contributed by atoms with Crippen LogP contribution in [-0.2, 0) is 10.0 Å². The van der Waals surface area contributed by atoms with Crippen LogP contribution in [0.15, 0.2) is 63.6 Å². The smallest absolute Gasteiger partial charge is 0.333 e. The van der Waals surface area contributed by atoms with Crippen molar-refractivity contribution in [3.05, 3.63) is 75.7 Å². The molecular weight excluding hydrogens is 474 g/mol. The van der Waals surface area contributed by atoms with E-state index in [-0.39, 0.29) is 9.77 Å². The average molecular weight is 498 g/mol. The van der Waals surface area contributed by atoms with Gasteiger partial charge in [0.25, 0.3) is 15.6 Å². The van der Waals surface area contributed by atoms with Crippen LogP contribution >= 0.6 is 11.3 Å². The number of amides is 2. The summed E-state index contributed by atoms with van der Waals surface area (Å²) in [5.41, 5.74) is 2.23. The molecule has 0 atom stereocenters. The largest absolute Gasteiger partial charge is 0.385 e. The number of aromatic nitrogens is 2. The topological polar surface area (TPSA) is 122 Å². The molecule has 0 bridgehead atoms. The monoisotopic (exact) mass is 497 g/mol. The molecule has 2 aromatic heterocycles. The van der Waals surface area contributed by atoms with Crippen molar-refractivity contribution in [2.75, 3.05) is 17.2 Å². The molecule has 2 amide bonds. The minimum Gasteiger partial charge on any atom is -0.385 e. The van der Waals surface area contributed by atoms with Gasteiger partial charge in [-0.3, -0.25) is 9.36 Å². The number of carbonyl (C=O) groups is 1. The molecular formula is C23H23N5O4S2. The fraction of sp³-hybridized carbons (Fsp3) is 0.174. The number of benzene rings is 2. The third-order valence-electron chi connectivity index (χ3n) is 5.01. The summed E-state index contributed by atoms with van der Waals surface area (Å²) in [6.45, 7) is 6.29. The van der Waals surface area contributed by atoms with E-state index in [1.165, 1.54) is 10.6 Å². The van der Waals surface area contributed by atoms with Crippen LogP contribution in [-0.4, -0.2) is 30.5 Å². The number of hydrogen-bond donors (Lipinski definition) is 3. The maximum atomic E-state index is 13.1. The number of thiophene rings is 1. The van der Waals surface area contributed by atoms with E-state index in [1.807, 2.05) is 23.8 Å². The lowest BCUT2D eigenvalue weighted by Crippen LogP contribution is -2.33. The van der Waals surface area contributed by atoms with Crippen molar-refractivity contribution in [3.63, 3.8) is 0 Å². The van der Waals surface area contributed by atoms with E-state index in [2.05, 4.69) is 15.6 Å². The number of rotatable bonds is 6. The fourth-order valence-corrected chi connectivity index (χ4v) is 5.68. The van der Waals surface area contributed by atoms with E-state index >= 15 is 0 Å². The molecule has 9 nitrogen and oxygen atoms in total. The van der Waals surface area contributed by atoms with Crippen LogP contribution in [0, 0.1) is 13.8 Å². The highest BCUT2D eigenvalue weighted by atomic mass is 32.2. The van der Waals surface area contributed by atoms with Gasteiger partial charge in [-0.2, -0.15) is 0 Å². The van der Waals surface area contributed by atoms with Gasteiger partial charge in [0.1, 0.15) is 10.0 Å². The Bertz CT molecular complexity index is 1540. The van der Waals surface area contributed by atoms with E-state index in [1.54, 1.807) is 50.2 Å². The molecule has 4 aromatic rings. The van der Waals surface area contributed by atoms with E-state index in [0.29, 0.717) is 28.1 Å². The third-order valence-corrected chi connectivity index (χ3v) is 7.83. The lowest BCUT2D eigenvalue weighted by atomic mass is 10.2. The van der Waals surface area contributed by atoms with Gasteiger partial charge < -0.3 is 10.6 Å². The van der Waals surface area contributed by atoms with Crippen molar-refractivity contribution in [2.24, 2.45) is 0 Å². The Morgan fingerprint density at radius 3 is 2.38 bits per heavy atom. The van der Waals surface area contributed by atoms with E-state index in [9.17, 15) is 18.0 Å². The van der Waals surface area contributed by atoms with Crippen LogP contribution in [0.1, 0.15) is 17.6 Å². The maximum Gasteiger partial charge on any atom is 0.333 e. The van der Waals surface area contributed by atoms with Crippen molar-refractivity contribution < 1.29 is 13.2 Å². The molecule has 4 rings (SSSR count). The van der Waals surface area contributed by atoms with Gasteiger partial charge in [0, 0.05) is 22.8 Å². The molecule has 0 aliphatic rings. The summed E-state index contributed by atoms with van der Waals surface area (Å²) in [6, 6.07) is 14.1. The number of carbonyl (C=O) groups excluding carboxylic acids is 1. The molecule has 0 saturated carbocycles. The first kappa shape index (κ1) is 23.5. The summed E-state index contributed by atoms with van der Waals surface area (Å²) >= 11 is 1.08. The first-order chi connectivity index (χ1) is 16.2. The third kappa shape index (κ3) is 4.80. The number of aryl methyl sites for hydroxylation is 2. The second-order valence-electron chi connectivity index (χ2n) is 7.53. The molecule has 0 aliphatic carbocycles. The quantitative estimate of drug-likeness (QED) is 0.370. The van der Waals surface area contributed by atoms with Gasteiger partial charge in [0.05, 0.1) is 16.6 Å². The Morgan fingerprint density at radius 1 is 1.03 bits per heavy atom. The zero-order valence-electron chi connectivity index (χ0n) is 18.7. The fourth-order valence-electron chi connectivity index (χ4n) is 3.49. The van der Waals surface area contributed by atoms with Crippen molar-refractivity contribution in [3.8, 4) is 5.69 Å². The van der Waals surface area contributed by atoms with Crippen LogP contribution in [0.2, 0.25) is 0 Å². The molecule has 3 N–H and O–H groups in total. The first-order valence-corrected chi connectivity index (χ1v) is 12.8.